The summed E-state index contributed by atoms with van der Waals surface area (Å²) in [6.07, 6.45) is 1.54. The minimum Gasteiger partial charge on any atom is -0.489 e. The maximum Gasteiger partial charge on any atom is 0.306 e. The third-order valence-corrected chi connectivity index (χ3v) is 7.12. The molecule has 154 valence electrons. The highest BCUT2D eigenvalue weighted by Crippen LogP contribution is 2.37. The van der Waals surface area contributed by atoms with Crippen molar-refractivity contribution in [2.24, 2.45) is 5.92 Å². The largest absolute Gasteiger partial charge is 0.489 e. The summed E-state index contributed by atoms with van der Waals surface area (Å²) < 4.78 is 6.09. The molecule has 1 aliphatic carbocycles. The van der Waals surface area contributed by atoms with E-state index in [2.05, 4.69) is 65.0 Å². The maximum atomic E-state index is 11.1. The van der Waals surface area contributed by atoms with Gasteiger partial charge in [-0.2, -0.15) is 11.3 Å². The van der Waals surface area contributed by atoms with Crippen LogP contribution in [0.1, 0.15) is 35.1 Å². The lowest BCUT2D eigenvalue weighted by molar-refractivity contribution is -0.147. The Hall–Kier alpha value is -2.63. The predicted octanol–water partition coefficient (Wildman–Crippen LogP) is 5.48. The number of aryl methyl sites for hydroxylation is 1. The van der Waals surface area contributed by atoms with Crippen molar-refractivity contribution in [3.8, 4) is 16.9 Å². The molecule has 1 saturated carbocycles. The highest BCUT2D eigenvalue weighted by molar-refractivity contribution is 7.08. The van der Waals surface area contributed by atoms with Gasteiger partial charge in [0, 0.05) is 19.1 Å². The average Bonchev–Trinajstić information content (AvgIpc) is 3.34. The standard InChI is InChI=1S/C25H25NO3S/c1-16-8-17(2-5-24(16)19-6-7-30-15-19)14-29-23-4-3-18-12-26(13-21(18)11-23)22-9-20(10-22)25(27)28/h2-8,11,15,20,22H,9-10,12-14H2,1H3,(H,27,28)/t20-,22-. The Morgan fingerprint density at radius 3 is 2.70 bits per heavy atom. The Morgan fingerprint density at radius 1 is 1.13 bits per heavy atom. The van der Waals surface area contributed by atoms with Gasteiger partial charge in [0.15, 0.2) is 0 Å². The molecule has 2 aromatic carbocycles. The second-order valence-corrected chi connectivity index (χ2v) is 9.23. The number of ether oxygens (including phenoxy) is 1. The van der Waals surface area contributed by atoms with Crippen LogP contribution >= 0.6 is 11.3 Å². The number of thiophene rings is 1. The normalized spacial score (nSPS) is 20.6. The molecule has 0 bridgehead atoms. The van der Waals surface area contributed by atoms with Gasteiger partial charge in [0.05, 0.1) is 5.92 Å². The fraction of sp³-hybridized carbons (Fsp3) is 0.320. The summed E-state index contributed by atoms with van der Waals surface area (Å²) in [5.74, 6) is 0.0802. The van der Waals surface area contributed by atoms with Crippen molar-refractivity contribution in [2.75, 3.05) is 0 Å². The van der Waals surface area contributed by atoms with Gasteiger partial charge in [-0.25, -0.2) is 0 Å². The van der Waals surface area contributed by atoms with Crippen molar-refractivity contribution < 1.29 is 14.6 Å². The molecular formula is C25H25NO3S. The SMILES string of the molecule is Cc1cc(COc2ccc3c(c2)CN([C@H]2C[C@H](C(=O)O)C2)C3)ccc1-c1ccsc1. The molecule has 4 nitrogen and oxygen atoms in total. The van der Waals surface area contributed by atoms with Crippen LogP contribution in [-0.2, 0) is 24.5 Å². The second-order valence-electron chi connectivity index (χ2n) is 8.45. The fourth-order valence-electron chi connectivity index (χ4n) is 4.56. The van der Waals surface area contributed by atoms with Crippen LogP contribution in [-0.4, -0.2) is 22.0 Å². The molecule has 30 heavy (non-hydrogen) atoms. The molecule has 0 spiro atoms. The van der Waals surface area contributed by atoms with Crippen LogP contribution in [0.4, 0.5) is 0 Å². The van der Waals surface area contributed by atoms with Crippen molar-refractivity contribution >= 4 is 17.3 Å². The molecule has 2 aliphatic rings. The van der Waals surface area contributed by atoms with Crippen LogP contribution in [0.25, 0.3) is 11.1 Å². The molecule has 1 N–H and O–H groups in total. The van der Waals surface area contributed by atoms with Crippen molar-refractivity contribution in [3.63, 3.8) is 0 Å². The molecule has 0 atom stereocenters. The molecule has 5 heteroatoms. The Labute approximate surface area is 180 Å². The second kappa shape index (κ2) is 7.89. The molecule has 0 amide bonds. The van der Waals surface area contributed by atoms with Crippen molar-refractivity contribution in [1.29, 1.82) is 0 Å². The average molecular weight is 420 g/mol. The molecule has 0 saturated heterocycles. The Bertz CT molecular complexity index is 1070. The van der Waals surface area contributed by atoms with E-state index in [1.54, 1.807) is 11.3 Å². The maximum absolute atomic E-state index is 11.1. The number of carboxylic acid groups (broad SMARTS) is 1. The van der Waals surface area contributed by atoms with Gasteiger partial charge in [0.2, 0.25) is 0 Å². The highest BCUT2D eigenvalue weighted by atomic mass is 32.1. The van der Waals surface area contributed by atoms with Crippen LogP contribution in [0.3, 0.4) is 0 Å². The molecule has 2 heterocycles. The molecule has 1 aromatic heterocycles. The zero-order valence-electron chi connectivity index (χ0n) is 17.0. The van der Waals surface area contributed by atoms with E-state index in [9.17, 15) is 4.79 Å². The Balaban J connectivity index is 1.20. The van der Waals surface area contributed by atoms with Gasteiger partial charge in [-0.1, -0.05) is 24.3 Å². The summed E-state index contributed by atoms with van der Waals surface area (Å²) in [6.45, 7) is 4.50. The number of hydrogen-bond donors (Lipinski definition) is 1. The number of hydrogen-bond acceptors (Lipinski definition) is 4. The van der Waals surface area contributed by atoms with Gasteiger partial charge in [0.25, 0.3) is 0 Å². The van der Waals surface area contributed by atoms with Gasteiger partial charge in [-0.05, 0) is 82.1 Å². The quantitative estimate of drug-likeness (QED) is 0.575. The zero-order valence-corrected chi connectivity index (χ0v) is 17.8. The molecule has 0 unspecified atom stereocenters. The first-order valence-corrected chi connectivity index (χ1v) is 11.3. The first-order valence-electron chi connectivity index (χ1n) is 10.4. The Morgan fingerprint density at radius 2 is 1.97 bits per heavy atom. The third-order valence-electron chi connectivity index (χ3n) is 6.43. The van der Waals surface area contributed by atoms with E-state index >= 15 is 0 Å². The van der Waals surface area contributed by atoms with Crippen molar-refractivity contribution in [2.45, 2.75) is 45.5 Å². The smallest absolute Gasteiger partial charge is 0.306 e. The van der Waals surface area contributed by atoms with Gasteiger partial charge in [0.1, 0.15) is 12.4 Å². The first kappa shape index (κ1) is 19.3. The summed E-state index contributed by atoms with van der Waals surface area (Å²) in [4.78, 5) is 13.5. The number of aliphatic carboxylic acids is 1. The number of carbonyl (C=O) groups is 1. The number of rotatable bonds is 6. The van der Waals surface area contributed by atoms with Gasteiger partial charge in [-0.3, -0.25) is 9.69 Å². The summed E-state index contributed by atoms with van der Waals surface area (Å²) in [5.41, 5.74) is 7.61. The van der Waals surface area contributed by atoms with Crippen LogP contribution in [0.15, 0.2) is 53.2 Å². The minimum atomic E-state index is -0.655. The van der Waals surface area contributed by atoms with E-state index in [-0.39, 0.29) is 5.92 Å². The number of nitrogens with zero attached hydrogens (tertiary/aromatic N) is 1. The van der Waals surface area contributed by atoms with E-state index in [1.165, 1.54) is 33.4 Å². The topological polar surface area (TPSA) is 49.8 Å². The number of benzene rings is 2. The predicted molar refractivity (Wildman–Crippen MR) is 119 cm³/mol. The van der Waals surface area contributed by atoms with Gasteiger partial charge >= 0.3 is 5.97 Å². The lowest BCUT2D eigenvalue weighted by Gasteiger charge is -2.39. The summed E-state index contributed by atoms with van der Waals surface area (Å²) in [5, 5.41) is 13.4. The van der Waals surface area contributed by atoms with Crippen LogP contribution in [0.5, 0.6) is 5.75 Å². The summed E-state index contributed by atoms with van der Waals surface area (Å²) >= 11 is 1.72. The third kappa shape index (κ3) is 3.75. The first-order chi connectivity index (χ1) is 14.6. The summed E-state index contributed by atoms with van der Waals surface area (Å²) in [6, 6.07) is 15.4. The molecule has 1 aliphatic heterocycles. The lowest BCUT2D eigenvalue weighted by atomic mass is 9.79. The van der Waals surface area contributed by atoms with E-state index < -0.39 is 5.97 Å². The molecule has 1 fully saturated rings. The van der Waals surface area contributed by atoms with Crippen molar-refractivity contribution in [1.82, 2.24) is 4.90 Å². The molecule has 3 aromatic rings. The van der Waals surface area contributed by atoms with E-state index in [4.69, 9.17) is 9.84 Å². The lowest BCUT2D eigenvalue weighted by Crippen LogP contribution is -2.44. The fourth-order valence-corrected chi connectivity index (χ4v) is 5.21. The van der Waals surface area contributed by atoms with E-state index in [1.807, 2.05) is 0 Å². The van der Waals surface area contributed by atoms with E-state index in [0.717, 1.165) is 31.7 Å². The van der Waals surface area contributed by atoms with Crippen LogP contribution < -0.4 is 4.74 Å². The highest BCUT2D eigenvalue weighted by Gasteiger charge is 2.39. The minimum absolute atomic E-state index is 0.160. The number of fused-ring (bicyclic) bond motifs is 1. The molecule has 5 rings (SSSR count). The summed E-state index contributed by atoms with van der Waals surface area (Å²) in [7, 11) is 0. The monoisotopic (exact) mass is 419 g/mol. The van der Waals surface area contributed by atoms with Gasteiger partial charge < -0.3 is 9.84 Å². The van der Waals surface area contributed by atoms with Gasteiger partial charge in [-0.15, -0.1) is 0 Å². The zero-order chi connectivity index (χ0) is 20.7. The molecule has 0 radical (unpaired) electrons. The van der Waals surface area contributed by atoms with Crippen LogP contribution in [0.2, 0.25) is 0 Å². The van der Waals surface area contributed by atoms with Crippen molar-refractivity contribution in [3.05, 3.63) is 75.5 Å². The Kier molecular flexibility index (Phi) is 5.09. The van der Waals surface area contributed by atoms with Crippen LogP contribution in [0, 0.1) is 12.8 Å². The molecular weight excluding hydrogens is 394 g/mol. The van der Waals surface area contributed by atoms with E-state index in [0.29, 0.717) is 12.6 Å². The number of carboxylic acids is 1.